The van der Waals surface area contributed by atoms with Gasteiger partial charge in [0, 0.05) is 0 Å². The number of hydrogen-bond acceptors (Lipinski definition) is 12. The smallest absolute Gasteiger partial charge is 0.312 e. The number of rotatable bonds is 2. The zero-order valence-corrected chi connectivity index (χ0v) is 13.1. The molecule has 2 aromatic rings. The Hall–Kier alpha value is -1.77. The highest BCUT2D eigenvalue weighted by molar-refractivity contribution is 7.40. The summed E-state index contributed by atoms with van der Waals surface area (Å²) >= 11 is 0. The Kier molecular flexibility index (Phi) is 5.65. The predicted octanol–water partition coefficient (Wildman–Crippen LogP) is -4.67. The largest absolute Gasteiger partial charge is 0.822 e. The van der Waals surface area contributed by atoms with Crippen LogP contribution in [0.1, 0.15) is 6.23 Å². The maximum atomic E-state index is 13.2. The summed E-state index contributed by atoms with van der Waals surface area (Å²) in [7, 11) is -5.39. The van der Waals surface area contributed by atoms with Crippen LogP contribution in [0.25, 0.3) is 11.2 Å². The molecule has 1 aliphatic heterocycles. The summed E-state index contributed by atoms with van der Waals surface area (Å²) in [6, 6.07) is 0. The Morgan fingerprint density at radius 3 is 2.44 bits per heavy atom. The molecule has 5 N–H and O–H groups in total. The van der Waals surface area contributed by atoms with Crippen molar-refractivity contribution in [1.82, 2.24) is 19.5 Å². The van der Waals surface area contributed by atoms with Gasteiger partial charge in [0.1, 0.15) is 18.3 Å². The van der Waals surface area contributed by atoms with Crippen LogP contribution in [-0.4, -0.2) is 59.8 Å². The summed E-state index contributed by atoms with van der Waals surface area (Å²) in [4.78, 5) is 36.5. The van der Waals surface area contributed by atoms with Crippen LogP contribution in [0.3, 0.4) is 0 Å². The lowest BCUT2D eigenvalue weighted by atomic mass is 10.1. The Bertz CT molecular complexity index is 791. The average Bonchev–Trinajstić information content (AvgIpc) is 3.00. The summed E-state index contributed by atoms with van der Waals surface area (Å²) in [6.45, 7) is -0.465. The van der Waals surface area contributed by atoms with Crippen LogP contribution >= 0.6 is 7.82 Å². The van der Waals surface area contributed by atoms with Gasteiger partial charge in [0.05, 0.1) is 12.9 Å². The van der Waals surface area contributed by atoms with Crippen LogP contribution in [0.4, 0.5) is 10.2 Å². The third-order valence-electron chi connectivity index (χ3n) is 3.21. The Morgan fingerprint density at radius 1 is 1.32 bits per heavy atom. The number of hydrogen-bond donors (Lipinski definition) is 4. The number of phosphoric acid groups is 1. The lowest BCUT2D eigenvalue weighted by molar-refractivity contribution is -0.432. The topological polar surface area (TPSA) is 226 Å². The molecule has 0 spiro atoms. The van der Waals surface area contributed by atoms with Crippen molar-refractivity contribution in [3.8, 4) is 0 Å². The molecule has 0 bridgehead atoms. The van der Waals surface area contributed by atoms with Crippen LogP contribution in [0.15, 0.2) is 6.33 Å². The van der Waals surface area contributed by atoms with Crippen LogP contribution in [0, 0.1) is 6.08 Å². The van der Waals surface area contributed by atoms with E-state index in [1.807, 2.05) is 0 Å². The molecule has 0 amide bonds. The molecule has 0 unspecified atom stereocenters. The average molecular weight is 380 g/mol. The first kappa shape index (κ1) is 19.6. The first-order chi connectivity index (χ1) is 11.5. The summed E-state index contributed by atoms with van der Waals surface area (Å²) < 4.78 is 28.3. The van der Waals surface area contributed by atoms with E-state index >= 15 is 0 Å². The molecule has 3 rings (SSSR count). The third kappa shape index (κ3) is 4.45. The van der Waals surface area contributed by atoms with Gasteiger partial charge in [-0.15, -0.1) is 0 Å². The van der Waals surface area contributed by atoms with Crippen molar-refractivity contribution < 1.29 is 43.7 Å². The lowest BCUT2D eigenvalue weighted by Crippen LogP contribution is -2.33. The van der Waals surface area contributed by atoms with E-state index in [1.165, 1.54) is 10.9 Å². The molecule has 1 saturated heterocycles. The van der Waals surface area contributed by atoms with E-state index in [2.05, 4.69) is 15.0 Å². The monoisotopic (exact) mass is 380 g/mol. The highest BCUT2D eigenvalue weighted by Crippen LogP contribution is 2.31. The standard InChI is InChI=1S/C10H12FN5O4.H3O4P/c11-10-14-7(12)4-8(15-10)16(2-13-4)9-6(19)5(18)3(1-17)20-9;1-5(2,3)4/h2-3,5-6,9,17-19H,1H2,(H2,12,14,15);(H3,1,2,3,4)/p-3/t3-,5-,6+,9-;/m1./s1. The van der Waals surface area contributed by atoms with E-state index in [-0.39, 0.29) is 17.0 Å². The Balaban J connectivity index is 0.000000399. The maximum Gasteiger partial charge on any atom is 0.312 e. The zero-order chi connectivity index (χ0) is 18.9. The van der Waals surface area contributed by atoms with Crippen LogP contribution in [-0.2, 0) is 9.30 Å². The van der Waals surface area contributed by atoms with Crippen molar-refractivity contribution in [2.45, 2.75) is 24.5 Å². The predicted molar refractivity (Wildman–Crippen MR) is 70.3 cm³/mol. The van der Waals surface area contributed by atoms with Gasteiger partial charge in [0.2, 0.25) is 0 Å². The Morgan fingerprint density at radius 2 is 1.92 bits per heavy atom. The van der Waals surface area contributed by atoms with Gasteiger partial charge in [0.25, 0.3) is 0 Å². The van der Waals surface area contributed by atoms with E-state index in [1.54, 1.807) is 0 Å². The van der Waals surface area contributed by atoms with Crippen molar-refractivity contribution >= 4 is 24.8 Å². The second-order valence-electron chi connectivity index (χ2n) is 4.88. The molecule has 140 valence electrons. The van der Waals surface area contributed by atoms with Gasteiger partial charge in [-0.25, -0.2) is 4.98 Å². The molecule has 15 heteroatoms. The summed E-state index contributed by atoms with van der Waals surface area (Å²) in [5.74, 6) is -0.141. The third-order valence-corrected chi connectivity index (χ3v) is 3.21. The highest BCUT2D eigenvalue weighted by Gasteiger charge is 2.44. The van der Waals surface area contributed by atoms with Crippen molar-refractivity contribution in [3.05, 3.63) is 12.4 Å². The van der Waals surface area contributed by atoms with E-state index < -0.39 is 45.0 Å². The van der Waals surface area contributed by atoms with Gasteiger partial charge >= 0.3 is 6.08 Å². The van der Waals surface area contributed by atoms with Gasteiger partial charge in [-0.05, 0) is 0 Å². The highest BCUT2D eigenvalue weighted by atomic mass is 31.2. The first-order valence-corrected chi connectivity index (χ1v) is 8.00. The summed E-state index contributed by atoms with van der Waals surface area (Å²) in [5.41, 5.74) is 5.71. The number of anilines is 1. The number of halogens is 1. The van der Waals surface area contributed by atoms with E-state index in [0.717, 1.165) is 0 Å². The molecular weight excluding hydrogens is 368 g/mol. The Labute approximate surface area is 138 Å². The summed E-state index contributed by atoms with van der Waals surface area (Å²) in [5, 5.41) is 28.7. The number of aromatic nitrogens is 4. The van der Waals surface area contributed by atoms with Gasteiger partial charge in [0.15, 0.2) is 23.2 Å². The van der Waals surface area contributed by atoms with Gasteiger partial charge in [-0.1, -0.05) is 0 Å². The molecule has 0 saturated carbocycles. The fraction of sp³-hybridized carbons (Fsp3) is 0.500. The molecule has 13 nitrogen and oxygen atoms in total. The lowest BCUT2D eigenvalue weighted by Gasteiger charge is -2.36. The number of aliphatic hydroxyl groups is 3. The quantitative estimate of drug-likeness (QED) is 0.285. The van der Waals surface area contributed by atoms with Gasteiger partial charge < -0.3 is 45.0 Å². The minimum absolute atomic E-state index is 0.0323. The molecule has 0 aromatic carbocycles. The second kappa shape index (κ2) is 7.23. The van der Waals surface area contributed by atoms with Gasteiger partial charge in [-0.2, -0.15) is 22.2 Å². The van der Waals surface area contributed by atoms with Crippen molar-refractivity contribution in [1.29, 1.82) is 0 Å². The normalized spacial score (nSPS) is 26.5. The number of imidazole rings is 1. The molecule has 3 heterocycles. The minimum atomic E-state index is -5.39. The van der Waals surface area contributed by atoms with Crippen molar-refractivity contribution in [3.63, 3.8) is 0 Å². The zero-order valence-electron chi connectivity index (χ0n) is 12.2. The number of ether oxygens (including phenoxy) is 1. The molecule has 4 atom stereocenters. The number of fused-ring (bicyclic) bond motifs is 1. The van der Waals surface area contributed by atoms with Crippen LogP contribution in [0.5, 0.6) is 0 Å². The molecular formula is C10H12FN5O8P-3. The summed E-state index contributed by atoms with van der Waals surface area (Å²) in [6.07, 6.45) is -4.38. The number of nitrogens with two attached hydrogens (primary N) is 1. The molecule has 25 heavy (non-hydrogen) atoms. The maximum absolute atomic E-state index is 13.2. The van der Waals surface area contributed by atoms with E-state index in [9.17, 15) is 14.6 Å². The van der Waals surface area contributed by atoms with Crippen molar-refractivity contribution in [2.24, 2.45) is 0 Å². The van der Waals surface area contributed by atoms with E-state index in [4.69, 9.17) is 34.8 Å². The van der Waals surface area contributed by atoms with Crippen LogP contribution in [0.2, 0.25) is 0 Å². The molecule has 1 fully saturated rings. The molecule has 0 radical (unpaired) electrons. The molecule has 2 aromatic heterocycles. The van der Waals surface area contributed by atoms with Crippen LogP contribution < -0.4 is 20.4 Å². The van der Waals surface area contributed by atoms with Crippen molar-refractivity contribution in [2.75, 3.05) is 12.3 Å². The first-order valence-electron chi connectivity index (χ1n) is 6.54. The minimum Gasteiger partial charge on any atom is -0.822 e. The van der Waals surface area contributed by atoms with Gasteiger partial charge in [-0.3, -0.25) is 4.57 Å². The molecule has 1 aliphatic rings. The number of nitrogens with zero attached hydrogens (tertiary/aromatic N) is 4. The fourth-order valence-electron chi connectivity index (χ4n) is 2.21. The second-order valence-corrected chi connectivity index (χ2v) is 5.77. The molecule has 0 aliphatic carbocycles. The number of nitrogen functional groups attached to an aromatic ring is 1. The van der Waals surface area contributed by atoms with E-state index in [0.29, 0.717) is 0 Å². The fourth-order valence-corrected chi connectivity index (χ4v) is 2.21. The number of aliphatic hydroxyl groups excluding tert-OH is 3. The SMILES string of the molecule is Nc1nc(F)nc2c1ncn2[C@@H]1O[C@H](CO)[C@@H](O)[C@@H]1O.O=P([O-])([O-])[O-].